The Labute approximate surface area is 103 Å². The fourth-order valence-electron chi connectivity index (χ4n) is 3.57. The first-order chi connectivity index (χ1) is 7.81. The van der Waals surface area contributed by atoms with Crippen molar-refractivity contribution in [3.8, 4) is 0 Å². The van der Waals surface area contributed by atoms with Gasteiger partial charge in [0.2, 0.25) is 5.91 Å². The molecular weight excluding hydrogens is 216 g/mol. The van der Waals surface area contributed by atoms with E-state index < -0.39 is 6.10 Å². The number of nitrogens with two attached hydrogens (primary N) is 1. The molecule has 1 heterocycles. The molecule has 0 aromatic rings. The van der Waals surface area contributed by atoms with E-state index in [1.807, 2.05) is 0 Å². The zero-order valence-electron chi connectivity index (χ0n) is 11.0. The number of aliphatic hydroxyl groups excluding tert-OH is 1. The van der Waals surface area contributed by atoms with Crippen LogP contribution < -0.4 is 5.73 Å². The summed E-state index contributed by atoms with van der Waals surface area (Å²) < 4.78 is 0. The monoisotopic (exact) mass is 240 g/mol. The summed E-state index contributed by atoms with van der Waals surface area (Å²) in [6.45, 7) is 7.84. The standard InChI is InChI=1S/C13H24N2O2/c1-8-5-13(2,3)10(12(8)14)7-15-6-9(16)4-11(15)17/h8-10,12,16H,4-7,14H2,1-3H3. The van der Waals surface area contributed by atoms with Gasteiger partial charge < -0.3 is 15.7 Å². The van der Waals surface area contributed by atoms with Crippen LogP contribution in [0.5, 0.6) is 0 Å². The van der Waals surface area contributed by atoms with Gasteiger partial charge in [0.05, 0.1) is 12.5 Å². The maximum atomic E-state index is 11.7. The maximum absolute atomic E-state index is 11.7. The molecule has 0 aromatic carbocycles. The summed E-state index contributed by atoms with van der Waals surface area (Å²) in [6, 6.07) is 0.163. The molecule has 2 rings (SSSR count). The molecule has 1 aliphatic heterocycles. The highest BCUT2D eigenvalue weighted by atomic mass is 16.3. The van der Waals surface area contributed by atoms with Crippen molar-refractivity contribution in [3.63, 3.8) is 0 Å². The predicted octanol–water partition coefficient (Wildman–Crippen LogP) is 0.589. The normalized spacial score (nSPS) is 41.2. The highest BCUT2D eigenvalue weighted by Gasteiger charge is 2.46. The summed E-state index contributed by atoms with van der Waals surface area (Å²) >= 11 is 0. The Morgan fingerprint density at radius 2 is 2.18 bits per heavy atom. The van der Waals surface area contributed by atoms with Crippen molar-refractivity contribution in [2.24, 2.45) is 23.0 Å². The average Bonchev–Trinajstić information content (AvgIpc) is 2.59. The molecular formula is C13H24N2O2. The van der Waals surface area contributed by atoms with E-state index in [4.69, 9.17) is 5.73 Å². The van der Waals surface area contributed by atoms with Crippen LogP contribution in [0.1, 0.15) is 33.6 Å². The van der Waals surface area contributed by atoms with Crippen LogP contribution in [0, 0.1) is 17.3 Å². The van der Waals surface area contributed by atoms with Crippen molar-refractivity contribution < 1.29 is 9.90 Å². The van der Waals surface area contributed by atoms with E-state index in [0.717, 1.165) is 6.42 Å². The molecule has 0 radical (unpaired) electrons. The Morgan fingerprint density at radius 1 is 1.53 bits per heavy atom. The molecule has 4 nitrogen and oxygen atoms in total. The second kappa shape index (κ2) is 4.25. The average molecular weight is 240 g/mol. The maximum Gasteiger partial charge on any atom is 0.225 e. The van der Waals surface area contributed by atoms with Crippen molar-refractivity contribution >= 4 is 5.91 Å². The minimum atomic E-state index is -0.485. The number of likely N-dealkylation sites (tertiary alicyclic amines) is 1. The summed E-state index contributed by atoms with van der Waals surface area (Å²) in [6.07, 6.45) is 0.905. The number of nitrogens with zero attached hydrogens (tertiary/aromatic N) is 1. The van der Waals surface area contributed by atoms with Crippen LogP contribution in [-0.2, 0) is 4.79 Å². The minimum absolute atomic E-state index is 0.0695. The fourth-order valence-corrected chi connectivity index (χ4v) is 3.57. The van der Waals surface area contributed by atoms with Crippen molar-refractivity contribution in [2.75, 3.05) is 13.1 Å². The largest absolute Gasteiger partial charge is 0.391 e. The molecule has 1 amide bonds. The number of β-amino-alcohol motifs (C(OH)–C–C–N with tert-alkyl or cyclic N) is 1. The lowest BCUT2D eigenvalue weighted by Gasteiger charge is -2.33. The Balaban J connectivity index is 2.05. The van der Waals surface area contributed by atoms with Gasteiger partial charge in [0.25, 0.3) is 0 Å². The Morgan fingerprint density at radius 3 is 2.59 bits per heavy atom. The van der Waals surface area contributed by atoms with Crippen molar-refractivity contribution in [2.45, 2.75) is 45.8 Å². The van der Waals surface area contributed by atoms with Gasteiger partial charge in [0.15, 0.2) is 0 Å². The number of carbonyl (C=O) groups excluding carboxylic acids is 1. The van der Waals surface area contributed by atoms with Gasteiger partial charge in [0.1, 0.15) is 0 Å². The summed E-state index contributed by atoms with van der Waals surface area (Å²) in [7, 11) is 0. The highest BCUT2D eigenvalue weighted by molar-refractivity contribution is 5.79. The van der Waals surface area contributed by atoms with Crippen molar-refractivity contribution in [1.29, 1.82) is 0 Å². The quantitative estimate of drug-likeness (QED) is 0.742. The van der Waals surface area contributed by atoms with Crippen LogP contribution in [0.3, 0.4) is 0 Å². The lowest BCUT2D eigenvalue weighted by atomic mass is 9.80. The third kappa shape index (κ3) is 2.33. The second-order valence-corrected chi connectivity index (χ2v) is 6.51. The van der Waals surface area contributed by atoms with E-state index in [1.165, 1.54) is 0 Å². The van der Waals surface area contributed by atoms with E-state index in [-0.39, 0.29) is 23.8 Å². The van der Waals surface area contributed by atoms with Crippen molar-refractivity contribution in [3.05, 3.63) is 0 Å². The molecule has 4 atom stereocenters. The topological polar surface area (TPSA) is 66.6 Å². The molecule has 1 saturated carbocycles. The van der Waals surface area contributed by atoms with Crippen LogP contribution >= 0.6 is 0 Å². The SMILES string of the molecule is CC1CC(C)(C)C(CN2CC(O)CC2=O)C1N. The van der Waals surface area contributed by atoms with Gasteiger partial charge in [-0.25, -0.2) is 0 Å². The van der Waals surface area contributed by atoms with Gasteiger partial charge in [-0.2, -0.15) is 0 Å². The molecule has 4 heteroatoms. The Hall–Kier alpha value is -0.610. The zero-order chi connectivity index (χ0) is 12.8. The summed E-state index contributed by atoms with van der Waals surface area (Å²) in [5, 5.41) is 9.50. The fraction of sp³-hybridized carbons (Fsp3) is 0.923. The molecule has 2 aliphatic rings. The van der Waals surface area contributed by atoms with Gasteiger partial charge in [0, 0.05) is 19.1 Å². The van der Waals surface area contributed by atoms with Crippen LogP contribution in [0.15, 0.2) is 0 Å². The van der Waals surface area contributed by atoms with Gasteiger partial charge in [-0.05, 0) is 23.7 Å². The molecule has 3 N–H and O–H groups in total. The van der Waals surface area contributed by atoms with E-state index in [9.17, 15) is 9.90 Å². The Bertz CT molecular complexity index is 317. The minimum Gasteiger partial charge on any atom is -0.391 e. The molecule has 98 valence electrons. The summed E-state index contributed by atoms with van der Waals surface area (Å²) in [5.41, 5.74) is 6.44. The number of hydrogen-bond donors (Lipinski definition) is 2. The zero-order valence-corrected chi connectivity index (χ0v) is 11.0. The number of amides is 1. The third-order valence-corrected chi connectivity index (χ3v) is 4.58. The number of hydrogen-bond acceptors (Lipinski definition) is 3. The molecule has 1 aliphatic carbocycles. The summed E-state index contributed by atoms with van der Waals surface area (Å²) in [5.74, 6) is 0.921. The van der Waals surface area contributed by atoms with Gasteiger partial charge in [-0.15, -0.1) is 0 Å². The lowest BCUT2D eigenvalue weighted by Crippen LogP contribution is -2.43. The van der Waals surface area contributed by atoms with E-state index in [2.05, 4.69) is 20.8 Å². The molecule has 0 aromatic heterocycles. The number of carbonyl (C=O) groups is 1. The third-order valence-electron chi connectivity index (χ3n) is 4.58. The molecule has 4 unspecified atom stereocenters. The van der Waals surface area contributed by atoms with Gasteiger partial charge in [-0.3, -0.25) is 4.79 Å². The smallest absolute Gasteiger partial charge is 0.225 e. The number of rotatable bonds is 2. The Kier molecular flexibility index (Phi) is 3.21. The molecule has 1 saturated heterocycles. The molecule has 0 spiro atoms. The van der Waals surface area contributed by atoms with Crippen LogP contribution in [0.25, 0.3) is 0 Å². The lowest BCUT2D eigenvalue weighted by molar-refractivity contribution is -0.128. The first-order valence-corrected chi connectivity index (χ1v) is 6.52. The van der Waals surface area contributed by atoms with Gasteiger partial charge >= 0.3 is 0 Å². The highest BCUT2D eigenvalue weighted by Crippen LogP contribution is 2.45. The number of aliphatic hydroxyl groups is 1. The van der Waals surface area contributed by atoms with E-state index in [1.54, 1.807) is 4.90 Å². The predicted molar refractivity (Wildman–Crippen MR) is 66.2 cm³/mol. The summed E-state index contributed by atoms with van der Waals surface area (Å²) in [4.78, 5) is 13.5. The van der Waals surface area contributed by atoms with E-state index >= 15 is 0 Å². The van der Waals surface area contributed by atoms with Gasteiger partial charge in [-0.1, -0.05) is 20.8 Å². The first-order valence-electron chi connectivity index (χ1n) is 6.52. The van der Waals surface area contributed by atoms with Crippen LogP contribution in [-0.4, -0.2) is 41.1 Å². The van der Waals surface area contributed by atoms with Crippen LogP contribution in [0.4, 0.5) is 0 Å². The van der Waals surface area contributed by atoms with Crippen molar-refractivity contribution in [1.82, 2.24) is 4.90 Å². The first kappa shape index (κ1) is 12.8. The molecule has 17 heavy (non-hydrogen) atoms. The van der Waals surface area contributed by atoms with E-state index in [0.29, 0.717) is 24.9 Å². The molecule has 0 bridgehead atoms. The second-order valence-electron chi connectivity index (χ2n) is 6.51. The van der Waals surface area contributed by atoms with Crippen LogP contribution in [0.2, 0.25) is 0 Å². The molecule has 2 fully saturated rings.